The zero-order valence-electron chi connectivity index (χ0n) is 19.1. The van der Waals surface area contributed by atoms with E-state index in [1.165, 1.54) is 0 Å². The van der Waals surface area contributed by atoms with Gasteiger partial charge >= 0.3 is 5.97 Å². The number of benzene rings is 2. The zero-order valence-corrected chi connectivity index (χ0v) is 20.6. The Bertz CT molecular complexity index is 940. The molecule has 33 heavy (non-hydrogen) atoms. The molecule has 0 radical (unpaired) electrons. The standard InChI is InChI=1S/C26H32Cl2N2O3/c1-18-23(8-7-22(27)24(18)28)33-21-11-13-29(14-12-21)17-19-9-15-30(16-10-19)25(26(31)32)20-5-3-2-4-6-20/h2-8,19,21,25H,9-17H2,1H3,(H,31,32)/t25-/m1/s1. The van der Waals surface area contributed by atoms with Crippen molar-refractivity contribution in [3.8, 4) is 5.75 Å². The van der Waals surface area contributed by atoms with Crippen LogP contribution in [0.4, 0.5) is 0 Å². The van der Waals surface area contributed by atoms with Gasteiger partial charge in [0.1, 0.15) is 17.9 Å². The first-order chi connectivity index (χ1) is 15.9. The molecule has 2 aliphatic heterocycles. The summed E-state index contributed by atoms with van der Waals surface area (Å²) in [5.41, 5.74) is 1.76. The lowest BCUT2D eigenvalue weighted by Gasteiger charge is -2.39. The maximum absolute atomic E-state index is 11.9. The minimum atomic E-state index is -0.765. The van der Waals surface area contributed by atoms with Crippen LogP contribution in [-0.4, -0.2) is 59.7 Å². The third kappa shape index (κ3) is 6.02. The van der Waals surface area contributed by atoms with Crippen LogP contribution >= 0.6 is 23.2 Å². The summed E-state index contributed by atoms with van der Waals surface area (Å²) in [5, 5.41) is 10.9. The Morgan fingerprint density at radius 3 is 2.33 bits per heavy atom. The van der Waals surface area contributed by atoms with E-state index in [4.69, 9.17) is 27.9 Å². The van der Waals surface area contributed by atoms with Gasteiger partial charge in [-0.15, -0.1) is 0 Å². The summed E-state index contributed by atoms with van der Waals surface area (Å²) in [6.45, 7) is 6.71. The minimum Gasteiger partial charge on any atom is -0.490 e. The first-order valence-electron chi connectivity index (χ1n) is 11.8. The van der Waals surface area contributed by atoms with Crippen LogP contribution in [0.15, 0.2) is 42.5 Å². The molecule has 0 unspecified atom stereocenters. The summed E-state index contributed by atoms with van der Waals surface area (Å²) in [5.74, 6) is 0.668. The predicted octanol–water partition coefficient (Wildman–Crippen LogP) is 5.68. The number of carboxylic acid groups (broad SMARTS) is 1. The van der Waals surface area contributed by atoms with Crippen molar-refractivity contribution in [2.75, 3.05) is 32.7 Å². The number of hydrogen-bond donors (Lipinski definition) is 1. The van der Waals surface area contributed by atoms with Crippen molar-refractivity contribution in [3.63, 3.8) is 0 Å². The summed E-state index contributed by atoms with van der Waals surface area (Å²) in [4.78, 5) is 16.6. The van der Waals surface area contributed by atoms with Gasteiger partial charge in [-0.3, -0.25) is 9.69 Å². The van der Waals surface area contributed by atoms with E-state index in [9.17, 15) is 9.90 Å². The normalized spacial score (nSPS) is 20.0. The van der Waals surface area contributed by atoms with Gasteiger partial charge < -0.3 is 14.7 Å². The van der Waals surface area contributed by atoms with Crippen molar-refractivity contribution >= 4 is 29.2 Å². The molecule has 0 spiro atoms. The number of carbonyl (C=O) groups is 1. The molecule has 7 heteroatoms. The van der Waals surface area contributed by atoms with Gasteiger partial charge in [0.2, 0.25) is 0 Å². The monoisotopic (exact) mass is 490 g/mol. The van der Waals surface area contributed by atoms with Crippen LogP contribution in [0.1, 0.15) is 42.9 Å². The molecule has 4 rings (SSSR count). The Morgan fingerprint density at radius 1 is 1.03 bits per heavy atom. The SMILES string of the molecule is Cc1c(OC2CCN(CC3CCN([C@@H](C(=O)O)c4ccccc4)CC3)CC2)ccc(Cl)c1Cl. The number of aliphatic carboxylic acids is 1. The van der Waals surface area contributed by atoms with Crippen LogP contribution in [0.3, 0.4) is 0 Å². The van der Waals surface area contributed by atoms with Crippen LogP contribution in [0, 0.1) is 12.8 Å². The van der Waals surface area contributed by atoms with E-state index in [1.807, 2.05) is 43.3 Å². The number of ether oxygens (including phenoxy) is 1. The third-order valence-electron chi connectivity index (χ3n) is 7.00. The lowest BCUT2D eigenvalue weighted by atomic mass is 9.93. The lowest BCUT2D eigenvalue weighted by molar-refractivity contribution is -0.144. The van der Waals surface area contributed by atoms with Gasteiger partial charge in [-0.2, -0.15) is 0 Å². The minimum absolute atomic E-state index is 0.196. The highest BCUT2D eigenvalue weighted by Crippen LogP contribution is 2.34. The Labute approximate surface area is 206 Å². The molecule has 2 fully saturated rings. The Morgan fingerprint density at radius 2 is 1.70 bits per heavy atom. The van der Waals surface area contributed by atoms with Crippen molar-refractivity contribution in [2.24, 2.45) is 5.92 Å². The van der Waals surface area contributed by atoms with E-state index in [0.29, 0.717) is 16.0 Å². The molecule has 2 saturated heterocycles. The molecular formula is C26H32Cl2N2O3. The van der Waals surface area contributed by atoms with Crippen LogP contribution in [0.5, 0.6) is 5.75 Å². The number of nitrogens with zero attached hydrogens (tertiary/aromatic N) is 2. The molecule has 0 aromatic heterocycles. The molecule has 2 heterocycles. The smallest absolute Gasteiger partial charge is 0.325 e. The lowest BCUT2D eigenvalue weighted by Crippen LogP contribution is -2.45. The molecule has 0 aliphatic carbocycles. The van der Waals surface area contributed by atoms with Crippen molar-refractivity contribution in [3.05, 3.63) is 63.6 Å². The van der Waals surface area contributed by atoms with Gasteiger partial charge in [-0.25, -0.2) is 0 Å². The van der Waals surface area contributed by atoms with Gasteiger partial charge in [-0.05, 0) is 69.3 Å². The highest BCUT2D eigenvalue weighted by molar-refractivity contribution is 6.42. The highest BCUT2D eigenvalue weighted by atomic mass is 35.5. The first-order valence-corrected chi connectivity index (χ1v) is 12.5. The van der Waals surface area contributed by atoms with Gasteiger partial charge in [0.15, 0.2) is 0 Å². The molecule has 2 aromatic rings. The number of halogens is 2. The first kappa shape index (κ1) is 24.3. The maximum Gasteiger partial charge on any atom is 0.325 e. The molecule has 1 atom stereocenters. The molecule has 2 aliphatic rings. The molecule has 178 valence electrons. The number of rotatable bonds is 7. The topological polar surface area (TPSA) is 53.0 Å². The summed E-state index contributed by atoms with van der Waals surface area (Å²) in [7, 11) is 0. The van der Waals surface area contributed by atoms with E-state index in [0.717, 1.165) is 75.3 Å². The fraction of sp³-hybridized carbons (Fsp3) is 0.500. The fourth-order valence-electron chi connectivity index (χ4n) is 5.05. The molecule has 0 amide bonds. The average Bonchev–Trinajstić information content (AvgIpc) is 2.82. The van der Waals surface area contributed by atoms with Crippen LogP contribution in [-0.2, 0) is 4.79 Å². The van der Waals surface area contributed by atoms with E-state index >= 15 is 0 Å². The van der Waals surface area contributed by atoms with E-state index < -0.39 is 12.0 Å². The van der Waals surface area contributed by atoms with Gasteiger partial charge in [-0.1, -0.05) is 53.5 Å². The molecule has 1 N–H and O–H groups in total. The summed E-state index contributed by atoms with van der Waals surface area (Å²) in [6, 6.07) is 12.7. The quantitative estimate of drug-likeness (QED) is 0.540. The van der Waals surface area contributed by atoms with Gasteiger partial charge in [0, 0.05) is 25.2 Å². The summed E-state index contributed by atoms with van der Waals surface area (Å²) in [6.07, 6.45) is 4.26. The summed E-state index contributed by atoms with van der Waals surface area (Å²) >= 11 is 12.3. The van der Waals surface area contributed by atoms with Crippen molar-refractivity contribution in [2.45, 2.75) is 44.8 Å². The second kappa shape index (κ2) is 11.1. The molecule has 0 bridgehead atoms. The van der Waals surface area contributed by atoms with E-state index in [-0.39, 0.29) is 6.10 Å². The van der Waals surface area contributed by atoms with Crippen LogP contribution < -0.4 is 4.74 Å². The number of hydrogen-bond acceptors (Lipinski definition) is 4. The number of piperidine rings is 2. The Hall–Kier alpha value is -1.79. The van der Waals surface area contributed by atoms with E-state index in [2.05, 4.69) is 9.80 Å². The predicted molar refractivity (Wildman–Crippen MR) is 132 cm³/mol. The van der Waals surface area contributed by atoms with Crippen LogP contribution in [0.25, 0.3) is 0 Å². The highest BCUT2D eigenvalue weighted by Gasteiger charge is 2.32. The number of carboxylic acids is 1. The van der Waals surface area contributed by atoms with E-state index in [1.54, 1.807) is 6.07 Å². The van der Waals surface area contributed by atoms with Crippen molar-refractivity contribution < 1.29 is 14.6 Å². The summed E-state index contributed by atoms with van der Waals surface area (Å²) < 4.78 is 6.23. The van der Waals surface area contributed by atoms with Crippen molar-refractivity contribution in [1.29, 1.82) is 0 Å². The Balaban J connectivity index is 1.23. The largest absolute Gasteiger partial charge is 0.490 e. The van der Waals surface area contributed by atoms with Crippen LogP contribution in [0.2, 0.25) is 10.0 Å². The molecule has 5 nitrogen and oxygen atoms in total. The second-order valence-electron chi connectivity index (χ2n) is 9.23. The van der Waals surface area contributed by atoms with Gasteiger partial charge in [0.25, 0.3) is 0 Å². The molecule has 2 aromatic carbocycles. The Kier molecular flexibility index (Phi) is 8.18. The maximum atomic E-state index is 11.9. The fourth-order valence-corrected chi connectivity index (χ4v) is 5.42. The van der Waals surface area contributed by atoms with Crippen molar-refractivity contribution in [1.82, 2.24) is 9.80 Å². The molecule has 0 saturated carbocycles. The average molecular weight is 491 g/mol. The third-order valence-corrected chi connectivity index (χ3v) is 7.90. The zero-order chi connectivity index (χ0) is 23.4. The second-order valence-corrected chi connectivity index (χ2v) is 10.0. The molecular weight excluding hydrogens is 459 g/mol. The number of likely N-dealkylation sites (tertiary alicyclic amines) is 2. The van der Waals surface area contributed by atoms with Gasteiger partial charge in [0.05, 0.1) is 10.0 Å².